The van der Waals surface area contributed by atoms with Crippen LogP contribution in [0, 0.1) is 12.8 Å². The van der Waals surface area contributed by atoms with Gasteiger partial charge >= 0.3 is 0 Å². The van der Waals surface area contributed by atoms with E-state index in [1.165, 1.54) is 10.4 Å². The van der Waals surface area contributed by atoms with Crippen LogP contribution in [0.1, 0.15) is 17.4 Å². The van der Waals surface area contributed by atoms with E-state index in [1.54, 1.807) is 11.3 Å². The Bertz CT molecular complexity index is 328. The Morgan fingerprint density at radius 1 is 1.56 bits per heavy atom. The molecule has 1 atom stereocenters. The topological polar surface area (TPSA) is 41.1 Å². The fraction of sp³-hybridized carbons (Fsp3) is 0.545. The second-order valence-corrected chi connectivity index (χ2v) is 4.70. The number of hydrogen-bond donors (Lipinski definition) is 2. The van der Waals surface area contributed by atoms with Crippen molar-refractivity contribution in [2.75, 3.05) is 13.6 Å². The first-order valence-electron chi connectivity index (χ1n) is 5.10. The minimum Gasteiger partial charge on any atom is -0.351 e. The molecule has 0 aliphatic rings. The van der Waals surface area contributed by atoms with Gasteiger partial charge in [0.05, 0.1) is 6.54 Å². The van der Waals surface area contributed by atoms with E-state index in [-0.39, 0.29) is 24.2 Å². The fourth-order valence-electron chi connectivity index (χ4n) is 1.33. The minimum atomic E-state index is 0. The largest absolute Gasteiger partial charge is 0.351 e. The molecule has 0 bridgehead atoms. The van der Waals surface area contributed by atoms with Crippen LogP contribution < -0.4 is 10.6 Å². The third-order valence-electron chi connectivity index (χ3n) is 2.35. The van der Waals surface area contributed by atoms with E-state index in [9.17, 15) is 4.79 Å². The van der Waals surface area contributed by atoms with Gasteiger partial charge in [0.15, 0.2) is 0 Å². The summed E-state index contributed by atoms with van der Waals surface area (Å²) in [5, 5.41) is 7.99. The van der Waals surface area contributed by atoms with Gasteiger partial charge in [-0.1, -0.05) is 6.92 Å². The zero-order valence-corrected chi connectivity index (χ0v) is 11.5. The molecule has 0 spiro atoms. The number of carbonyl (C=O) groups excluding carboxylic acids is 1. The van der Waals surface area contributed by atoms with Crippen LogP contribution >= 0.6 is 23.7 Å². The number of thiophene rings is 1. The van der Waals surface area contributed by atoms with Crippen molar-refractivity contribution < 1.29 is 4.79 Å². The van der Waals surface area contributed by atoms with Crippen molar-refractivity contribution in [3.8, 4) is 0 Å². The van der Waals surface area contributed by atoms with Gasteiger partial charge in [0.1, 0.15) is 0 Å². The van der Waals surface area contributed by atoms with E-state index in [2.05, 4.69) is 23.6 Å². The smallest absolute Gasteiger partial charge is 0.224 e. The van der Waals surface area contributed by atoms with Crippen LogP contribution in [-0.2, 0) is 11.3 Å². The zero-order valence-electron chi connectivity index (χ0n) is 9.87. The Kier molecular flexibility index (Phi) is 7.38. The van der Waals surface area contributed by atoms with Crippen molar-refractivity contribution in [3.63, 3.8) is 0 Å². The number of carbonyl (C=O) groups is 1. The summed E-state index contributed by atoms with van der Waals surface area (Å²) in [5.74, 6) is 0.132. The number of aryl methyl sites for hydroxylation is 1. The number of nitrogens with one attached hydrogen (secondary N) is 2. The second-order valence-electron chi connectivity index (χ2n) is 3.70. The molecular formula is C11H19ClN2OS. The van der Waals surface area contributed by atoms with Gasteiger partial charge < -0.3 is 10.6 Å². The van der Waals surface area contributed by atoms with Crippen molar-refractivity contribution in [1.82, 2.24) is 10.6 Å². The van der Waals surface area contributed by atoms with Gasteiger partial charge in [-0.15, -0.1) is 23.7 Å². The average molecular weight is 263 g/mol. The molecule has 1 aromatic rings. The molecule has 0 aromatic carbocycles. The first kappa shape index (κ1) is 15.4. The molecule has 3 nitrogen and oxygen atoms in total. The monoisotopic (exact) mass is 262 g/mol. The lowest BCUT2D eigenvalue weighted by Gasteiger charge is -2.11. The molecule has 0 radical (unpaired) electrons. The van der Waals surface area contributed by atoms with Crippen LogP contribution in [0.4, 0.5) is 0 Å². The highest BCUT2D eigenvalue weighted by atomic mass is 35.5. The zero-order chi connectivity index (χ0) is 11.3. The predicted octanol–water partition coefficient (Wildman–Crippen LogP) is 1.95. The van der Waals surface area contributed by atoms with Gasteiger partial charge in [-0.2, -0.15) is 0 Å². The molecular weight excluding hydrogens is 244 g/mol. The van der Waals surface area contributed by atoms with Crippen molar-refractivity contribution in [2.45, 2.75) is 20.4 Å². The van der Waals surface area contributed by atoms with Crippen LogP contribution in [0.15, 0.2) is 11.4 Å². The maximum atomic E-state index is 11.6. The van der Waals surface area contributed by atoms with Gasteiger partial charge in [0, 0.05) is 17.3 Å². The summed E-state index contributed by atoms with van der Waals surface area (Å²) in [6.45, 7) is 5.35. The molecule has 16 heavy (non-hydrogen) atoms. The van der Waals surface area contributed by atoms with Crippen LogP contribution in [-0.4, -0.2) is 19.5 Å². The SMILES string of the molecule is CNCC(C)C(=O)NCc1sccc1C.Cl. The van der Waals surface area contributed by atoms with Gasteiger partial charge in [0.25, 0.3) is 0 Å². The molecule has 0 saturated heterocycles. The van der Waals surface area contributed by atoms with E-state index in [4.69, 9.17) is 0 Å². The molecule has 0 fully saturated rings. The quantitative estimate of drug-likeness (QED) is 0.852. The molecule has 1 amide bonds. The first-order chi connectivity index (χ1) is 7.15. The van der Waals surface area contributed by atoms with E-state index in [1.807, 2.05) is 19.4 Å². The predicted molar refractivity (Wildman–Crippen MR) is 71.2 cm³/mol. The Balaban J connectivity index is 0.00000225. The van der Waals surface area contributed by atoms with Gasteiger partial charge in [0.2, 0.25) is 5.91 Å². The molecule has 1 unspecified atom stereocenters. The molecule has 0 aliphatic carbocycles. The lowest BCUT2D eigenvalue weighted by atomic mass is 10.1. The highest BCUT2D eigenvalue weighted by Crippen LogP contribution is 2.14. The third kappa shape index (κ3) is 4.51. The van der Waals surface area contributed by atoms with Crippen LogP contribution in [0.25, 0.3) is 0 Å². The molecule has 0 saturated carbocycles. The molecule has 92 valence electrons. The number of rotatable bonds is 5. The second kappa shape index (κ2) is 7.65. The lowest BCUT2D eigenvalue weighted by Crippen LogP contribution is -2.33. The summed E-state index contributed by atoms with van der Waals surface area (Å²) in [7, 11) is 1.85. The maximum absolute atomic E-state index is 11.6. The maximum Gasteiger partial charge on any atom is 0.224 e. The highest BCUT2D eigenvalue weighted by molar-refractivity contribution is 7.10. The Labute approximate surface area is 107 Å². The first-order valence-corrected chi connectivity index (χ1v) is 5.98. The van der Waals surface area contributed by atoms with Gasteiger partial charge in [-0.25, -0.2) is 0 Å². The molecule has 2 N–H and O–H groups in total. The third-order valence-corrected chi connectivity index (χ3v) is 3.37. The summed E-state index contributed by atoms with van der Waals surface area (Å²) < 4.78 is 0. The van der Waals surface area contributed by atoms with Crippen LogP contribution in [0.3, 0.4) is 0 Å². The van der Waals surface area contributed by atoms with E-state index in [0.717, 1.165) is 6.54 Å². The number of amides is 1. The van der Waals surface area contributed by atoms with E-state index in [0.29, 0.717) is 6.54 Å². The van der Waals surface area contributed by atoms with Crippen molar-refractivity contribution in [1.29, 1.82) is 0 Å². The van der Waals surface area contributed by atoms with Gasteiger partial charge in [-0.3, -0.25) is 4.79 Å². The number of halogens is 1. The highest BCUT2D eigenvalue weighted by Gasteiger charge is 2.11. The molecule has 1 heterocycles. The van der Waals surface area contributed by atoms with E-state index < -0.39 is 0 Å². The Hall–Kier alpha value is -0.580. The Morgan fingerprint density at radius 2 is 2.25 bits per heavy atom. The van der Waals surface area contributed by atoms with Crippen molar-refractivity contribution >= 4 is 29.7 Å². The lowest BCUT2D eigenvalue weighted by molar-refractivity contribution is -0.124. The summed E-state index contributed by atoms with van der Waals surface area (Å²) in [5.41, 5.74) is 1.25. The van der Waals surface area contributed by atoms with E-state index >= 15 is 0 Å². The molecule has 0 aliphatic heterocycles. The summed E-state index contributed by atoms with van der Waals surface area (Å²) >= 11 is 1.69. The summed E-state index contributed by atoms with van der Waals surface area (Å²) in [4.78, 5) is 12.8. The summed E-state index contributed by atoms with van der Waals surface area (Å²) in [6.07, 6.45) is 0. The standard InChI is InChI=1S/C11H18N2OS.ClH/c1-8-4-5-15-10(8)7-13-11(14)9(2)6-12-3;/h4-5,9,12H,6-7H2,1-3H3,(H,13,14);1H. The normalized spacial score (nSPS) is 11.7. The average Bonchev–Trinajstić information content (AvgIpc) is 2.61. The van der Waals surface area contributed by atoms with Crippen molar-refractivity contribution in [2.24, 2.45) is 5.92 Å². The van der Waals surface area contributed by atoms with Crippen LogP contribution in [0.2, 0.25) is 0 Å². The van der Waals surface area contributed by atoms with Crippen molar-refractivity contribution in [3.05, 3.63) is 21.9 Å². The number of hydrogen-bond acceptors (Lipinski definition) is 3. The minimum absolute atomic E-state index is 0. The molecule has 1 aromatic heterocycles. The fourth-order valence-corrected chi connectivity index (χ4v) is 2.17. The molecule has 1 rings (SSSR count). The molecule has 5 heteroatoms. The van der Waals surface area contributed by atoms with Crippen LogP contribution in [0.5, 0.6) is 0 Å². The summed E-state index contributed by atoms with van der Waals surface area (Å²) in [6, 6.07) is 2.07. The Morgan fingerprint density at radius 3 is 2.75 bits per heavy atom. The van der Waals surface area contributed by atoms with Gasteiger partial charge in [-0.05, 0) is 31.0 Å².